The van der Waals surface area contributed by atoms with E-state index >= 15 is 0 Å². The normalized spacial score (nSPS) is 19.1. The van der Waals surface area contributed by atoms with E-state index in [2.05, 4.69) is 0 Å². The highest BCUT2D eigenvalue weighted by atomic mass is 16.4. The van der Waals surface area contributed by atoms with Gasteiger partial charge in [0.1, 0.15) is 0 Å². The molecule has 7 atom stereocenters. The Kier molecular flexibility index (Phi) is 17.6. The van der Waals surface area contributed by atoms with Crippen LogP contribution in [0.3, 0.4) is 0 Å². The van der Waals surface area contributed by atoms with Crippen molar-refractivity contribution in [3.8, 4) is 0 Å². The summed E-state index contributed by atoms with van der Waals surface area (Å²) >= 11 is 0. The van der Waals surface area contributed by atoms with Crippen LogP contribution in [0, 0.1) is 41.4 Å². The lowest BCUT2D eigenvalue weighted by molar-refractivity contribution is -0.156. The highest BCUT2D eigenvalue weighted by Gasteiger charge is 2.42. The number of allylic oxidation sites excluding steroid dienone is 2. The molecule has 1 aliphatic carbocycles. The first-order valence-corrected chi connectivity index (χ1v) is 13.9. The zero-order valence-electron chi connectivity index (χ0n) is 24.1. The zero-order chi connectivity index (χ0) is 34.1. The maximum absolute atomic E-state index is 11.3. The minimum atomic E-state index is -1.32. The Balaban J connectivity index is 0.000000840. The zero-order valence-corrected chi connectivity index (χ0v) is 24.1. The fourth-order valence-corrected chi connectivity index (χ4v) is 5.44. The smallest absolute Gasteiger partial charge is 0.307 e. The van der Waals surface area contributed by atoms with Crippen molar-refractivity contribution >= 4 is 47.8 Å². The standard InChI is InChI=1S/C14H18O8.C14H22O8/c15-11(16)5-9(13(19)20)7-3-1-2-4-8(7)10(14(21)22)6-12(17)18;1-2-3-4-8(10(14(21)22)7-12(17)18)5-9(13(19)20)6-11(15)16/h1-2,7-10H,3-6H2,(H,15,16)(H,17,18)(H,19,20)(H,21,22);8-10H,2-7H2,1H3,(H,15,16)(H,17,18)(H,19,20)(H,21,22). The predicted molar refractivity (Wildman–Crippen MR) is 147 cm³/mol. The van der Waals surface area contributed by atoms with Gasteiger partial charge < -0.3 is 40.9 Å². The summed E-state index contributed by atoms with van der Waals surface area (Å²) in [5.41, 5.74) is 0. The van der Waals surface area contributed by atoms with Crippen LogP contribution in [0.5, 0.6) is 0 Å². The van der Waals surface area contributed by atoms with E-state index in [0.29, 0.717) is 12.8 Å². The largest absolute Gasteiger partial charge is 0.481 e. The second-order valence-electron chi connectivity index (χ2n) is 10.7. The van der Waals surface area contributed by atoms with Gasteiger partial charge >= 0.3 is 47.8 Å². The molecule has 1 rings (SSSR count). The van der Waals surface area contributed by atoms with Gasteiger partial charge in [0.15, 0.2) is 0 Å². The van der Waals surface area contributed by atoms with Gasteiger partial charge in [-0.25, -0.2) is 0 Å². The first kappa shape index (κ1) is 39.5. The molecule has 16 heteroatoms. The second kappa shape index (κ2) is 19.6. The summed E-state index contributed by atoms with van der Waals surface area (Å²) in [6, 6.07) is 0. The number of rotatable bonds is 20. The van der Waals surface area contributed by atoms with E-state index in [1.807, 2.05) is 6.92 Å². The van der Waals surface area contributed by atoms with Gasteiger partial charge in [-0.15, -0.1) is 0 Å². The lowest BCUT2D eigenvalue weighted by Crippen LogP contribution is -2.39. The van der Waals surface area contributed by atoms with Gasteiger partial charge in [0.2, 0.25) is 0 Å². The molecule has 248 valence electrons. The Bertz CT molecular complexity index is 1040. The van der Waals surface area contributed by atoms with Gasteiger partial charge in [-0.3, -0.25) is 38.4 Å². The predicted octanol–water partition coefficient (Wildman–Crippen LogP) is 2.45. The molecule has 16 nitrogen and oxygen atoms in total. The van der Waals surface area contributed by atoms with E-state index in [4.69, 9.17) is 25.5 Å². The average molecular weight is 633 g/mol. The molecule has 0 aromatic carbocycles. The van der Waals surface area contributed by atoms with Crippen LogP contribution in [0.2, 0.25) is 0 Å². The molecule has 44 heavy (non-hydrogen) atoms. The Morgan fingerprint density at radius 2 is 1.00 bits per heavy atom. The summed E-state index contributed by atoms with van der Waals surface area (Å²) in [6.45, 7) is 1.87. The second-order valence-corrected chi connectivity index (χ2v) is 10.7. The van der Waals surface area contributed by atoms with Gasteiger partial charge in [0.25, 0.3) is 0 Å². The van der Waals surface area contributed by atoms with Gasteiger partial charge in [-0.2, -0.15) is 0 Å². The first-order chi connectivity index (χ1) is 20.4. The van der Waals surface area contributed by atoms with Crippen molar-refractivity contribution in [1.29, 1.82) is 0 Å². The fourth-order valence-electron chi connectivity index (χ4n) is 5.44. The van der Waals surface area contributed by atoms with Crippen molar-refractivity contribution in [1.82, 2.24) is 0 Å². The maximum Gasteiger partial charge on any atom is 0.307 e. The molecule has 1 aliphatic rings. The molecule has 0 amide bonds. The van der Waals surface area contributed by atoms with Gasteiger partial charge in [-0.1, -0.05) is 31.9 Å². The summed E-state index contributed by atoms with van der Waals surface area (Å²) in [7, 11) is 0. The van der Waals surface area contributed by atoms with E-state index < -0.39 is 115 Å². The van der Waals surface area contributed by atoms with Gasteiger partial charge in [0, 0.05) is 0 Å². The fraction of sp³-hybridized carbons (Fsp3) is 0.643. The third-order valence-electron chi connectivity index (χ3n) is 7.56. The number of hydrogen-bond acceptors (Lipinski definition) is 8. The molecule has 0 heterocycles. The van der Waals surface area contributed by atoms with Crippen molar-refractivity contribution in [2.45, 2.75) is 71.1 Å². The molecule has 7 unspecified atom stereocenters. The molecule has 0 aromatic heterocycles. The van der Waals surface area contributed by atoms with Crippen LogP contribution in [0.4, 0.5) is 0 Å². The van der Waals surface area contributed by atoms with E-state index in [-0.39, 0.29) is 19.3 Å². The molecule has 0 aromatic rings. The van der Waals surface area contributed by atoms with Crippen molar-refractivity contribution < 1.29 is 79.2 Å². The van der Waals surface area contributed by atoms with E-state index in [1.165, 1.54) is 0 Å². The van der Waals surface area contributed by atoms with Crippen molar-refractivity contribution in [2.24, 2.45) is 41.4 Å². The third-order valence-corrected chi connectivity index (χ3v) is 7.56. The molecular formula is C28H40O16. The van der Waals surface area contributed by atoms with Crippen LogP contribution in [0.15, 0.2) is 12.2 Å². The maximum atomic E-state index is 11.3. The minimum absolute atomic E-state index is 0.161. The summed E-state index contributed by atoms with van der Waals surface area (Å²) < 4.78 is 0. The molecule has 0 spiro atoms. The Morgan fingerprint density at radius 1 is 0.591 bits per heavy atom. The van der Waals surface area contributed by atoms with Crippen molar-refractivity contribution in [2.75, 3.05) is 0 Å². The van der Waals surface area contributed by atoms with E-state index in [0.717, 1.165) is 6.42 Å². The summed E-state index contributed by atoms with van der Waals surface area (Å²) in [4.78, 5) is 88.3. The molecule has 0 saturated heterocycles. The summed E-state index contributed by atoms with van der Waals surface area (Å²) in [5.74, 6) is -17.5. The Labute approximate surface area is 252 Å². The monoisotopic (exact) mass is 632 g/mol. The molecular weight excluding hydrogens is 592 g/mol. The van der Waals surface area contributed by atoms with Crippen LogP contribution >= 0.6 is 0 Å². The van der Waals surface area contributed by atoms with Crippen LogP contribution in [0.25, 0.3) is 0 Å². The lowest BCUT2D eigenvalue weighted by Gasteiger charge is -2.35. The number of carboxylic acids is 8. The quantitative estimate of drug-likeness (QED) is 0.0893. The SMILES string of the molecule is CCCCC(CC(CC(=O)O)C(=O)O)C(CC(=O)O)C(=O)O.O=C(O)CC(C(=O)O)C1CC=CCC1C(CC(=O)O)C(=O)O. The van der Waals surface area contributed by atoms with Gasteiger partial charge in [-0.05, 0) is 43.4 Å². The number of aliphatic carboxylic acids is 8. The van der Waals surface area contributed by atoms with Crippen molar-refractivity contribution in [3.63, 3.8) is 0 Å². The highest BCUT2D eigenvalue weighted by Crippen LogP contribution is 2.39. The average Bonchev–Trinajstić information content (AvgIpc) is 2.90. The van der Waals surface area contributed by atoms with Crippen LogP contribution < -0.4 is 0 Å². The van der Waals surface area contributed by atoms with Crippen LogP contribution in [-0.2, 0) is 38.4 Å². The minimum Gasteiger partial charge on any atom is -0.481 e. The molecule has 0 bridgehead atoms. The molecule has 0 aliphatic heterocycles. The highest BCUT2D eigenvalue weighted by molar-refractivity contribution is 5.80. The molecule has 0 fully saturated rings. The Hall–Kier alpha value is -4.50. The third kappa shape index (κ3) is 14.6. The molecule has 8 N–H and O–H groups in total. The number of unbranched alkanes of at least 4 members (excludes halogenated alkanes) is 1. The lowest BCUT2D eigenvalue weighted by atomic mass is 9.68. The number of hydrogen-bond donors (Lipinski definition) is 8. The van der Waals surface area contributed by atoms with Crippen molar-refractivity contribution in [3.05, 3.63) is 12.2 Å². The summed E-state index contributed by atoms with van der Waals surface area (Å²) in [6.07, 6.45) is 2.89. The van der Waals surface area contributed by atoms with Crippen LogP contribution in [0.1, 0.15) is 71.1 Å². The van der Waals surface area contributed by atoms with Gasteiger partial charge in [0.05, 0.1) is 49.4 Å². The first-order valence-electron chi connectivity index (χ1n) is 13.9. The number of carbonyl (C=O) groups is 8. The van der Waals surface area contributed by atoms with E-state index in [1.54, 1.807) is 12.2 Å². The Morgan fingerprint density at radius 3 is 1.30 bits per heavy atom. The topological polar surface area (TPSA) is 298 Å². The molecule has 0 saturated carbocycles. The van der Waals surface area contributed by atoms with E-state index in [9.17, 15) is 53.7 Å². The molecule has 0 radical (unpaired) electrons. The number of carboxylic acid groups (broad SMARTS) is 8. The summed E-state index contributed by atoms with van der Waals surface area (Å²) in [5, 5.41) is 72.0. The van der Waals surface area contributed by atoms with Crippen LogP contribution in [-0.4, -0.2) is 88.6 Å².